The summed E-state index contributed by atoms with van der Waals surface area (Å²) in [5.74, 6) is 0.612. The molecule has 1 aromatic rings. The standard InChI is InChI=1S/C25H33ClO3/c1-22-11-9-19(27)15-17(22)5-8-21-20(22)10-12-23(2)24(28,13-14-25(21,23)29)16-3-6-18(26)7-4-16/h3-4,6-7,15,19-21,27-29H,5,8-14H2,1-2H3/t19?,20-,21-,22+,23-,24?,25-/m1/s1. The highest BCUT2D eigenvalue weighted by atomic mass is 35.5. The average molecular weight is 417 g/mol. The molecular weight excluding hydrogens is 384 g/mol. The van der Waals surface area contributed by atoms with Crippen LogP contribution in [0, 0.1) is 22.7 Å². The van der Waals surface area contributed by atoms with Crippen molar-refractivity contribution in [2.75, 3.05) is 0 Å². The lowest BCUT2D eigenvalue weighted by Crippen LogP contribution is -2.63. The maximum Gasteiger partial charge on any atom is 0.0978 e. The van der Waals surface area contributed by atoms with Crippen LogP contribution in [-0.4, -0.2) is 27.0 Å². The van der Waals surface area contributed by atoms with Gasteiger partial charge in [-0.3, -0.25) is 0 Å². The van der Waals surface area contributed by atoms with Crippen LogP contribution in [0.25, 0.3) is 0 Å². The quantitative estimate of drug-likeness (QED) is 0.566. The molecule has 158 valence electrons. The topological polar surface area (TPSA) is 60.7 Å². The highest BCUT2D eigenvalue weighted by Crippen LogP contribution is 2.71. The highest BCUT2D eigenvalue weighted by molar-refractivity contribution is 6.30. The normalized spacial score (nSPS) is 49.0. The van der Waals surface area contributed by atoms with Crippen LogP contribution in [0.2, 0.25) is 5.02 Å². The minimum atomic E-state index is -1.03. The molecular formula is C25H33ClO3. The summed E-state index contributed by atoms with van der Waals surface area (Å²) in [6.07, 6.45) is 8.55. The fourth-order valence-corrected chi connectivity index (χ4v) is 8.01. The van der Waals surface area contributed by atoms with Gasteiger partial charge in [-0.25, -0.2) is 0 Å². The molecule has 3 nitrogen and oxygen atoms in total. The summed E-state index contributed by atoms with van der Waals surface area (Å²) < 4.78 is 0. The number of aliphatic hydroxyl groups excluding tert-OH is 1. The van der Waals surface area contributed by atoms with Gasteiger partial charge in [0, 0.05) is 10.4 Å². The van der Waals surface area contributed by atoms with E-state index in [2.05, 4.69) is 19.9 Å². The Hall–Kier alpha value is -0.870. The van der Waals surface area contributed by atoms with Gasteiger partial charge in [-0.2, -0.15) is 0 Å². The Kier molecular flexibility index (Phi) is 4.37. The zero-order chi connectivity index (χ0) is 20.7. The van der Waals surface area contributed by atoms with Gasteiger partial charge in [0.05, 0.1) is 17.3 Å². The largest absolute Gasteiger partial charge is 0.389 e. The molecule has 0 amide bonds. The van der Waals surface area contributed by atoms with Gasteiger partial charge in [0.2, 0.25) is 0 Å². The molecule has 2 unspecified atom stereocenters. The third-order valence-corrected chi connectivity index (χ3v) is 9.99. The summed E-state index contributed by atoms with van der Waals surface area (Å²) in [6.45, 7) is 4.47. The number of aliphatic hydroxyl groups is 3. The molecule has 7 atom stereocenters. The lowest BCUT2D eigenvalue weighted by molar-refractivity contribution is -0.221. The first kappa shape index (κ1) is 20.1. The minimum Gasteiger partial charge on any atom is -0.389 e. The second-order valence-corrected chi connectivity index (χ2v) is 11.1. The first-order chi connectivity index (χ1) is 13.6. The fourth-order valence-electron chi connectivity index (χ4n) is 7.89. The van der Waals surface area contributed by atoms with Gasteiger partial charge in [-0.05, 0) is 86.3 Å². The van der Waals surface area contributed by atoms with E-state index in [1.54, 1.807) is 0 Å². The molecule has 4 aliphatic carbocycles. The van der Waals surface area contributed by atoms with Crippen molar-refractivity contribution in [2.24, 2.45) is 22.7 Å². The number of halogens is 1. The van der Waals surface area contributed by atoms with E-state index >= 15 is 0 Å². The van der Waals surface area contributed by atoms with Crippen molar-refractivity contribution < 1.29 is 15.3 Å². The summed E-state index contributed by atoms with van der Waals surface area (Å²) in [6, 6.07) is 7.54. The van der Waals surface area contributed by atoms with Crippen molar-refractivity contribution in [1.29, 1.82) is 0 Å². The Morgan fingerprint density at radius 3 is 2.34 bits per heavy atom. The van der Waals surface area contributed by atoms with E-state index in [9.17, 15) is 15.3 Å². The van der Waals surface area contributed by atoms with E-state index in [1.807, 2.05) is 24.3 Å². The summed E-state index contributed by atoms with van der Waals surface area (Å²) >= 11 is 6.09. The summed E-state index contributed by atoms with van der Waals surface area (Å²) in [7, 11) is 0. The molecule has 4 aliphatic rings. The average Bonchev–Trinajstić information content (AvgIpc) is 2.91. The number of benzene rings is 1. The zero-order valence-corrected chi connectivity index (χ0v) is 18.3. The predicted octanol–water partition coefficient (Wildman–Crippen LogP) is 4.97. The Labute approximate surface area is 178 Å². The van der Waals surface area contributed by atoms with Crippen molar-refractivity contribution in [1.82, 2.24) is 0 Å². The summed E-state index contributed by atoms with van der Waals surface area (Å²) in [4.78, 5) is 0. The maximum atomic E-state index is 12.2. The van der Waals surface area contributed by atoms with Gasteiger partial charge in [0.1, 0.15) is 0 Å². The molecule has 0 heterocycles. The van der Waals surface area contributed by atoms with Crippen LogP contribution in [-0.2, 0) is 5.60 Å². The molecule has 29 heavy (non-hydrogen) atoms. The molecule has 3 N–H and O–H groups in total. The van der Waals surface area contributed by atoms with Crippen molar-refractivity contribution >= 4 is 11.6 Å². The number of fused-ring (bicyclic) bond motifs is 5. The second kappa shape index (κ2) is 6.32. The zero-order valence-electron chi connectivity index (χ0n) is 17.5. The molecule has 3 saturated carbocycles. The lowest BCUT2D eigenvalue weighted by atomic mass is 9.44. The molecule has 0 spiro atoms. The van der Waals surface area contributed by atoms with Crippen molar-refractivity contribution in [3.63, 3.8) is 0 Å². The summed E-state index contributed by atoms with van der Waals surface area (Å²) in [5, 5.41) is 35.0. The van der Waals surface area contributed by atoms with Gasteiger partial charge in [-0.15, -0.1) is 0 Å². The molecule has 0 aliphatic heterocycles. The van der Waals surface area contributed by atoms with E-state index in [1.165, 1.54) is 5.57 Å². The van der Waals surface area contributed by atoms with Crippen molar-refractivity contribution in [3.8, 4) is 0 Å². The Bertz CT molecular complexity index is 850. The van der Waals surface area contributed by atoms with E-state index in [4.69, 9.17) is 11.6 Å². The Morgan fingerprint density at radius 2 is 1.62 bits per heavy atom. The lowest BCUT2D eigenvalue weighted by Gasteiger charge is -2.62. The molecule has 0 radical (unpaired) electrons. The Balaban J connectivity index is 1.54. The van der Waals surface area contributed by atoms with Crippen LogP contribution in [0.4, 0.5) is 0 Å². The van der Waals surface area contributed by atoms with Crippen LogP contribution in [0.5, 0.6) is 0 Å². The van der Waals surface area contributed by atoms with Crippen LogP contribution >= 0.6 is 11.6 Å². The third-order valence-electron chi connectivity index (χ3n) is 9.74. The number of allylic oxidation sites excluding steroid dienone is 1. The molecule has 5 rings (SSSR count). The van der Waals surface area contributed by atoms with Crippen molar-refractivity contribution in [2.45, 2.75) is 82.5 Å². The minimum absolute atomic E-state index is 0.0696. The monoisotopic (exact) mass is 416 g/mol. The highest BCUT2D eigenvalue weighted by Gasteiger charge is 2.71. The molecule has 0 bridgehead atoms. The Morgan fingerprint density at radius 1 is 0.897 bits per heavy atom. The van der Waals surface area contributed by atoms with Gasteiger partial charge in [-0.1, -0.05) is 49.2 Å². The molecule has 4 heteroatoms. The first-order valence-electron chi connectivity index (χ1n) is 11.2. The predicted molar refractivity (Wildman–Crippen MR) is 115 cm³/mol. The first-order valence-corrected chi connectivity index (χ1v) is 11.6. The van der Waals surface area contributed by atoms with Crippen LogP contribution in [0.15, 0.2) is 35.9 Å². The van der Waals surface area contributed by atoms with Crippen LogP contribution in [0.3, 0.4) is 0 Å². The van der Waals surface area contributed by atoms with Crippen molar-refractivity contribution in [3.05, 3.63) is 46.5 Å². The molecule has 3 fully saturated rings. The number of hydrogen-bond acceptors (Lipinski definition) is 3. The maximum absolute atomic E-state index is 12.2. The fraction of sp³-hybridized carbons (Fsp3) is 0.680. The summed E-state index contributed by atoms with van der Waals surface area (Å²) in [5.41, 5.74) is -0.120. The van der Waals surface area contributed by atoms with E-state index in [0.717, 1.165) is 44.1 Å². The molecule has 1 aromatic carbocycles. The van der Waals surface area contributed by atoms with Gasteiger partial charge in [0.15, 0.2) is 0 Å². The SMILES string of the molecule is C[C@]12CCC(O)C=C1CC[C@@H]1[C@H]2CC[C@]2(C)C(O)(c3ccc(Cl)cc3)CC[C@@]12O. The van der Waals surface area contributed by atoms with Crippen LogP contribution < -0.4 is 0 Å². The van der Waals surface area contributed by atoms with E-state index in [0.29, 0.717) is 23.8 Å². The number of rotatable bonds is 1. The van der Waals surface area contributed by atoms with Gasteiger partial charge >= 0.3 is 0 Å². The third kappa shape index (κ3) is 2.48. The molecule has 0 aromatic heterocycles. The van der Waals surface area contributed by atoms with Crippen LogP contribution in [0.1, 0.15) is 70.8 Å². The van der Waals surface area contributed by atoms with Gasteiger partial charge in [0.25, 0.3) is 0 Å². The number of hydrogen-bond donors (Lipinski definition) is 3. The van der Waals surface area contributed by atoms with Gasteiger partial charge < -0.3 is 15.3 Å². The smallest absolute Gasteiger partial charge is 0.0978 e. The second-order valence-electron chi connectivity index (χ2n) is 10.6. The van der Waals surface area contributed by atoms with E-state index in [-0.39, 0.29) is 17.4 Å². The van der Waals surface area contributed by atoms with E-state index < -0.39 is 16.6 Å². The molecule has 0 saturated heterocycles.